The molecule has 1 fully saturated rings. The molecule has 0 atom stereocenters. The lowest BCUT2D eigenvalue weighted by Gasteiger charge is -2.28. The molecule has 0 unspecified atom stereocenters. The van der Waals surface area contributed by atoms with Crippen LogP contribution in [0, 0.1) is 11.7 Å². The van der Waals surface area contributed by atoms with Crippen LogP contribution in [0.2, 0.25) is 0 Å². The second-order valence-electron chi connectivity index (χ2n) is 6.20. The molecule has 2 heterocycles. The van der Waals surface area contributed by atoms with Crippen LogP contribution in [-0.4, -0.2) is 46.1 Å². The van der Waals surface area contributed by atoms with Gasteiger partial charge in [-0.1, -0.05) is 0 Å². The molecule has 0 amide bonds. The van der Waals surface area contributed by atoms with Crippen LogP contribution < -0.4 is 0 Å². The van der Waals surface area contributed by atoms with Gasteiger partial charge in [0.05, 0.1) is 5.69 Å². The molecule has 3 rings (SSSR count). The monoisotopic (exact) mass is 317 g/mol. The maximum Gasteiger partial charge on any atom is 0.180 e. The molecular weight excluding hydrogens is 297 g/mol. The highest BCUT2D eigenvalue weighted by molar-refractivity contribution is 5.95. The quantitative estimate of drug-likeness (QED) is 0.851. The van der Waals surface area contributed by atoms with Crippen LogP contribution in [0.15, 0.2) is 24.3 Å². The van der Waals surface area contributed by atoms with Crippen molar-refractivity contribution >= 4 is 5.78 Å². The smallest absolute Gasteiger partial charge is 0.180 e. The molecule has 5 nitrogen and oxygen atoms in total. The first kappa shape index (κ1) is 15.7. The third-order valence-corrected chi connectivity index (χ3v) is 4.43. The summed E-state index contributed by atoms with van der Waals surface area (Å²) in [6, 6.07) is 5.24. The zero-order valence-electron chi connectivity index (χ0n) is 13.1. The van der Waals surface area contributed by atoms with Gasteiger partial charge < -0.3 is 10.0 Å². The standard InChI is InChI=1S/C17H20FN3O2/c1-21-6-4-11(5-7-21)8-17(23)15-10-14(19-20-15)13-9-12(18)2-3-16(13)22/h2-3,9-11,22H,4-8H2,1H3,(H,19,20). The number of aromatic nitrogens is 2. The SMILES string of the molecule is CN1CCC(CC(=O)c2cc(-c3cc(F)ccc3O)n[nH]2)CC1. The molecule has 122 valence electrons. The summed E-state index contributed by atoms with van der Waals surface area (Å²) in [5, 5.41) is 16.6. The Morgan fingerprint density at radius 3 is 2.87 bits per heavy atom. The van der Waals surface area contributed by atoms with E-state index in [9.17, 15) is 14.3 Å². The van der Waals surface area contributed by atoms with E-state index in [1.807, 2.05) is 0 Å². The molecule has 0 saturated carbocycles. The van der Waals surface area contributed by atoms with Crippen LogP contribution in [0.1, 0.15) is 29.8 Å². The second kappa shape index (κ2) is 6.50. The Kier molecular flexibility index (Phi) is 4.43. The number of hydrogen-bond donors (Lipinski definition) is 2. The summed E-state index contributed by atoms with van der Waals surface area (Å²) in [6.45, 7) is 2.03. The fraction of sp³-hybridized carbons (Fsp3) is 0.412. The van der Waals surface area contributed by atoms with Crippen molar-refractivity contribution in [2.24, 2.45) is 5.92 Å². The lowest BCUT2D eigenvalue weighted by Crippen LogP contribution is -2.31. The molecule has 0 radical (unpaired) electrons. The third kappa shape index (κ3) is 3.59. The van der Waals surface area contributed by atoms with E-state index in [4.69, 9.17) is 0 Å². The van der Waals surface area contributed by atoms with Gasteiger partial charge in [-0.25, -0.2) is 4.39 Å². The number of benzene rings is 1. The molecule has 23 heavy (non-hydrogen) atoms. The van der Waals surface area contributed by atoms with Gasteiger partial charge in [0.2, 0.25) is 0 Å². The van der Waals surface area contributed by atoms with E-state index < -0.39 is 5.82 Å². The zero-order chi connectivity index (χ0) is 16.4. The van der Waals surface area contributed by atoms with Crippen LogP contribution in [0.5, 0.6) is 5.75 Å². The molecule has 6 heteroatoms. The Morgan fingerprint density at radius 2 is 2.13 bits per heavy atom. The minimum absolute atomic E-state index is 0.00851. The van der Waals surface area contributed by atoms with E-state index in [2.05, 4.69) is 22.1 Å². The van der Waals surface area contributed by atoms with Gasteiger partial charge in [0.1, 0.15) is 17.3 Å². The molecule has 2 aromatic rings. The minimum Gasteiger partial charge on any atom is -0.507 e. The van der Waals surface area contributed by atoms with Crippen molar-refractivity contribution in [2.75, 3.05) is 20.1 Å². The van der Waals surface area contributed by atoms with Crippen molar-refractivity contribution < 1.29 is 14.3 Å². The molecule has 1 aliphatic rings. The first-order valence-corrected chi connectivity index (χ1v) is 7.79. The number of hydrogen-bond acceptors (Lipinski definition) is 4. The maximum atomic E-state index is 13.3. The van der Waals surface area contributed by atoms with Crippen molar-refractivity contribution in [1.29, 1.82) is 0 Å². The van der Waals surface area contributed by atoms with Crippen LogP contribution in [0.4, 0.5) is 4.39 Å². The van der Waals surface area contributed by atoms with Gasteiger partial charge >= 0.3 is 0 Å². The molecular formula is C17H20FN3O2. The van der Waals surface area contributed by atoms with Gasteiger partial charge in [-0.2, -0.15) is 5.10 Å². The first-order chi connectivity index (χ1) is 11.0. The van der Waals surface area contributed by atoms with Gasteiger partial charge in [0.25, 0.3) is 0 Å². The minimum atomic E-state index is -0.458. The lowest BCUT2D eigenvalue weighted by molar-refractivity contribution is 0.0931. The number of H-pyrrole nitrogens is 1. The molecule has 1 aromatic heterocycles. The number of phenolic OH excluding ortho intramolecular Hbond substituents is 1. The van der Waals surface area contributed by atoms with Crippen LogP contribution in [0.3, 0.4) is 0 Å². The van der Waals surface area contributed by atoms with Crippen LogP contribution in [0.25, 0.3) is 11.3 Å². The molecule has 0 aliphatic carbocycles. The molecule has 2 N–H and O–H groups in total. The predicted molar refractivity (Wildman–Crippen MR) is 84.8 cm³/mol. The largest absolute Gasteiger partial charge is 0.507 e. The Balaban J connectivity index is 1.71. The summed E-state index contributed by atoms with van der Waals surface area (Å²) in [5.41, 5.74) is 1.05. The summed E-state index contributed by atoms with van der Waals surface area (Å²) in [5.74, 6) is -0.116. The Morgan fingerprint density at radius 1 is 1.39 bits per heavy atom. The molecule has 0 spiro atoms. The third-order valence-electron chi connectivity index (χ3n) is 4.43. The summed E-state index contributed by atoms with van der Waals surface area (Å²) < 4.78 is 13.3. The van der Waals surface area contributed by atoms with Crippen LogP contribution in [-0.2, 0) is 0 Å². The number of nitrogens with one attached hydrogen (secondary N) is 1. The summed E-state index contributed by atoms with van der Waals surface area (Å²) in [7, 11) is 2.09. The van der Waals surface area contributed by atoms with E-state index in [1.165, 1.54) is 18.2 Å². The Labute approximate surface area is 134 Å². The number of aromatic hydroxyl groups is 1. The number of halogens is 1. The Hall–Kier alpha value is -2.21. The van der Waals surface area contributed by atoms with Crippen molar-refractivity contribution in [1.82, 2.24) is 15.1 Å². The number of carbonyl (C=O) groups is 1. The number of carbonyl (C=O) groups excluding carboxylic acids is 1. The maximum absolute atomic E-state index is 13.3. The number of aromatic amines is 1. The lowest BCUT2D eigenvalue weighted by atomic mass is 9.91. The van der Waals surface area contributed by atoms with E-state index in [0.29, 0.717) is 23.7 Å². The summed E-state index contributed by atoms with van der Waals surface area (Å²) >= 11 is 0. The average molecular weight is 317 g/mol. The fourth-order valence-corrected chi connectivity index (χ4v) is 2.95. The number of likely N-dealkylation sites (tertiary alicyclic amines) is 1. The van der Waals surface area contributed by atoms with Gasteiger partial charge in [-0.05, 0) is 63.2 Å². The van der Waals surface area contributed by atoms with Gasteiger partial charge in [0.15, 0.2) is 5.78 Å². The normalized spacial score (nSPS) is 16.6. The number of Topliss-reactive ketones (excluding diaryl/α,β-unsaturated/α-hetero) is 1. The second-order valence-corrected chi connectivity index (χ2v) is 6.20. The highest BCUT2D eigenvalue weighted by atomic mass is 19.1. The van der Waals surface area contributed by atoms with Gasteiger partial charge in [-0.15, -0.1) is 0 Å². The van der Waals surface area contributed by atoms with Crippen LogP contribution >= 0.6 is 0 Å². The van der Waals surface area contributed by atoms with Crippen molar-refractivity contribution in [3.05, 3.63) is 35.8 Å². The number of phenols is 1. The number of nitrogens with zero attached hydrogens (tertiary/aromatic N) is 2. The summed E-state index contributed by atoms with van der Waals surface area (Å²) in [4.78, 5) is 14.6. The number of ketones is 1. The first-order valence-electron chi connectivity index (χ1n) is 7.79. The van der Waals surface area contributed by atoms with E-state index >= 15 is 0 Å². The van der Waals surface area contributed by atoms with Crippen molar-refractivity contribution in [2.45, 2.75) is 19.3 Å². The topological polar surface area (TPSA) is 69.2 Å². The number of piperidine rings is 1. The molecule has 0 bridgehead atoms. The Bertz CT molecular complexity index is 706. The van der Waals surface area contributed by atoms with E-state index in [-0.39, 0.29) is 17.1 Å². The van der Waals surface area contributed by atoms with Gasteiger partial charge in [0, 0.05) is 12.0 Å². The fourth-order valence-electron chi connectivity index (χ4n) is 2.95. The highest BCUT2D eigenvalue weighted by Gasteiger charge is 2.21. The van der Waals surface area contributed by atoms with Gasteiger partial charge in [-0.3, -0.25) is 9.89 Å². The molecule has 1 aromatic carbocycles. The van der Waals surface area contributed by atoms with E-state index in [1.54, 1.807) is 6.07 Å². The highest BCUT2D eigenvalue weighted by Crippen LogP contribution is 2.29. The summed E-state index contributed by atoms with van der Waals surface area (Å²) in [6.07, 6.45) is 2.53. The van der Waals surface area contributed by atoms with Crippen molar-refractivity contribution in [3.63, 3.8) is 0 Å². The predicted octanol–water partition coefficient (Wildman–Crippen LogP) is 2.84. The zero-order valence-corrected chi connectivity index (χ0v) is 13.1. The molecule has 1 saturated heterocycles. The molecule has 1 aliphatic heterocycles. The number of rotatable bonds is 4. The van der Waals surface area contributed by atoms with E-state index in [0.717, 1.165) is 25.9 Å². The average Bonchev–Trinajstić information content (AvgIpc) is 3.02. The van der Waals surface area contributed by atoms with Crippen molar-refractivity contribution in [3.8, 4) is 17.0 Å².